The predicted octanol–water partition coefficient (Wildman–Crippen LogP) is 3.98. The minimum atomic E-state index is 0.158. The number of fused-ring (bicyclic) bond motifs is 1. The number of ether oxygens (including phenoxy) is 2. The molecule has 2 aromatic rings. The van der Waals surface area contributed by atoms with E-state index in [0.29, 0.717) is 6.61 Å². The summed E-state index contributed by atoms with van der Waals surface area (Å²) in [5, 5.41) is 4.33. The average Bonchev–Trinajstić information content (AvgIpc) is 2.55. The topological polar surface area (TPSA) is 30.5 Å². The fraction of sp³-hybridized carbons (Fsp3) is 0.333. The summed E-state index contributed by atoms with van der Waals surface area (Å²) in [4.78, 5) is 0. The van der Waals surface area contributed by atoms with E-state index in [9.17, 15) is 0 Å². The smallest absolute Gasteiger partial charge is 0.161 e. The van der Waals surface area contributed by atoms with Gasteiger partial charge in [0.05, 0.1) is 19.8 Å². The molecule has 116 valence electrons. The van der Waals surface area contributed by atoms with Crippen LogP contribution in [0.25, 0.3) is 0 Å². The Hall–Kier alpha value is -1.71. The van der Waals surface area contributed by atoms with E-state index < -0.39 is 0 Å². The highest BCUT2D eigenvalue weighted by Gasteiger charge is 2.23. The molecule has 0 saturated heterocycles. The molecule has 1 heterocycles. The van der Waals surface area contributed by atoms with Gasteiger partial charge in [-0.3, -0.25) is 0 Å². The molecule has 1 aliphatic rings. The van der Waals surface area contributed by atoms with Crippen molar-refractivity contribution in [2.24, 2.45) is 0 Å². The van der Waals surface area contributed by atoms with Crippen LogP contribution in [0.2, 0.25) is 5.02 Å². The van der Waals surface area contributed by atoms with Gasteiger partial charge < -0.3 is 14.8 Å². The quantitative estimate of drug-likeness (QED) is 0.925. The van der Waals surface area contributed by atoms with Crippen molar-refractivity contribution in [1.82, 2.24) is 5.32 Å². The maximum Gasteiger partial charge on any atom is 0.161 e. The SMILES string of the molecule is CCOc1cc2c(cc1OC)[C@@H](c1ccc(Cl)cc1)NCC2. The molecule has 22 heavy (non-hydrogen) atoms. The van der Waals surface area contributed by atoms with Gasteiger partial charge in [-0.1, -0.05) is 23.7 Å². The molecule has 0 aliphatic carbocycles. The first-order valence-electron chi connectivity index (χ1n) is 7.55. The molecule has 4 heteroatoms. The van der Waals surface area contributed by atoms with Crippen molar-refractivity contribution in [2.75, 3.05) is 20.3 Å². The van der Waals surface area contributed by atoms with Gasteiger partial charge in [0.2, 0.25) is 0 Å². The summed E-state index contributed by atoms with van der Waals surface area (Å²) in [7, 11) is 1.68. The predicted molar refractivity (Wildman–Crippen MR) is 89.2 cm³/mol. The summed E-state index contributed by atoms with van der Waals surface area (Å²) in [5.41, 5.74) is 3.76. The number of benzene rings is 2. The van der Waals surface area contributed by atoms with Crippen molar-refractivity contribution in [3.05, 3.63) is 58.1 Å². The first-order chi connectivity index (χ1) is 10.7. The highest BCUT2D eigenvalue weighted by atomic mass is 35.5. The third-order valence-electron chi connectivity index (χ3n) is 3.98. The third kappa shape index (κ3) is 2.92. The Morgan fingerprint density at radius 3 is 2.64 bits per heavy atom. The number of rotatable bonds is 4. The van der Waals surface area contributed by atoms with Crippen LogP contribution in [0, 0.1) is 0 Å². The summed E-state index contributed by atoms with van der Waals surface area (Å²) in [6.07, 6.45) is 0.990. The van der Waals surface area contributed by atoms with Gasteiger partial charge in [-0.25, -0.2) is 0 Å². The maximum atomic E-state index is 6.00. The van der Waals surface area contributed by atoms with Crippen LogP contribution in [0.1, 0.15) is 29.7 Å². The largest absolute Gasteiger partial charge is 0.493 e. The van der Waals surface area contributed by atoms with Gasteiger partial charge in [0.15, 0.2) is 11.5 Å². The summed E-state index contributed by atoms with van der Waals surface area (Å²) in [6.45, 7) is 3.56. The maximum absolute atomic E-state index is 6.00. The molecule has 0 spiro atoms. The molecule has 3 nitrogen and oxygen atoms in total. The minimum absolute atomic E-state index is 0.158. The summed E-state index contributed by atoms with van der Waals surface area (Å²) < 4.78 is 11.2. The normalized spacial score (nSPS) is 17.0. The summed E-state index contributed by atoms with van der Waals surface area (Å²) in [6, 6.07) is 12.4. The lowest BCUT2D eigenvalue weighted by molar-refractivity contribution is 0.309. The van der Waals surface area contributed by atoms with Crippen LogP contribution >= 0.6 is 11.6 Å². The lowest BCUT2D eigenvalue weighted by Gasteiger charge is -2.28. The highest BCUT2D eigenvalue weighted by Crippen LogP contribution is 2.37. The molecule has 1 N–H and O–H groups in total. The molecule has 3 rings (SSSR count). The molecular weight excluding hydrogens is 298 g/mol. The first kappa shape index (κ1) is 15.2. The number of hydrogen-bond acceptors (Lipinski definition) is 3. The molecule has 0 bridgehead atoms. The van der Waals surface area contributed by atoms with Gasteiger partial charge in [-0.15, -0.1) is 0 Å². The van der Waals surface area contributed by atoms with Gasteiger partial charge in [-0.2, -0.15) is 0 Å². The van der Waals surface area contributed by atoms with Crippen molar-refractivity contribution in [1.29, 1.82) is 0 Å². The van der Waals surface area contributed by atoms with E-state index in [0.717, 1.165) is 29.5 Å². The first-order valence-corrected chi connectivity index (χ1v) is 7.93. The molecule has 1 atom stereocenters. The van der Waals surface area contributed by atoms with E-state index in [-0.39, 0.29) is 6.04 Å². The fourth-order valence-corrected chi connectivity index (χ4v) is 3.07. The zero-order chi connectivity index (χ0) is 15.5. The molecule has 0 saturated carbocycles. The molecule has 0 unspecified atom stereocenters. The van der Waals surface area contributed by atoms with E-state index in [1.165, 1.54) is 16.7 Å². The molecule has 0 aromatic heterocycles. The Morgan fingerprint density at radius 1 is 1.18 bits per heavy atom. The van der Waals surface area contributed by atoms with E-state index in [1.54, 1.807) is 7.11 Å². The second kappa shape index (κ2) is 6.59. The van der Waals surface area contributed by atoms with Gasteiger partial charge in [-0.05, 0) is 54.3 Å². The molecule has 0 radical (unpaired) electrons. The van der Waals surface area contributed by atoms with E-state index >= 15 is 0 Å². The molecule has 0 fully saturated rings. The van der Waals surface area contributed by atoms with Crippen LogP contribution in [0.3, 0.4) is 0 Å². The van der Waals surface area contributed by atoms with Crippen LogP contribution in [0.15, 0.2) is 36.4 Å². The van der Waals surface area contributed by atoms with E-state index in [1.807, 2.05) is 19.1 Å². The Bertz CT molecular complexity index is 655. The van der Waals surface area contributed by atoms with Crippen molar-refractivity contribution in [3.63, 3.8) is 0 Å². The van der Waals surface area contributed by atoms with Crippen molar-refractivity contribution in [2.45, 2.75) is 19.4 Å². The van der Waals surface area contributed by atoms with Crippen LogP contribution in [0.4, 0.5) is 0 Å². The van der Waals surface area contributed by atoms with Crippen molar-refractivity contribution < 1.29 is 9.47 Å². The monoisotopic (exact) mass is 317 g/mol. The molecule has 0 amide bonds. The number of methoxy groups -OCH3 is 1. The van der Waals surface area contributed by atoms with Crippen molar-refractivity contribution >= 4 is 11.6 Å². The molecular formula is C18H20ClNO2. The molecule has 1 aliphatic heterocycles. The summed E-state index contributed by atoms with van der Waals surface area (Å²) >= 11 is 6.00. The third-order valence-corrected chi connectivity index (χ3v) is 4.23. The van der Waals surface area contributed by atoms with Gasteiger partial charge in [0.25, 0.3) is 0 Å². The average molecular weight is 318 g/mol. The zero-order valence-electron chi connectivity index (χ0n) is 12.9. The van der Waals surface area contributed by atoms with Crippen LogP contribution in [-0.4, -0.2) is 20.3 Å². The van der Waals surface area contributed by atoms with Crippen LogP contribution in [-0.2, 0) is 6.42 Å². The number of halogens is 1. The Balaban J connectivity index is 2.03. The molecule has 2 aromatic carbocycles. The van der Waals surface area contributed by atoms with Gasteiger partial charge in [0, 0.05) is 11.6 Å². The Morgan fingerprint density at radius 2 is 1.95 bits per heavy atom. The Kier molecular flexibility index (Phi) is 4.55. The van der Waals surface area contributed by atoms with Gasteiger partial charge in [0.1, 0.15) is 0 Å². The van der Waals surface area contributed by atoms with Crippen LogP contribution in [0.5, 0.6) is 11.5 Å². The lowest BCUT2D eigenvalue weighted by Crippen LogP contribution is -2.30. The van der Waals surface area contributed by atoms with Crippen molar-refractivity contribution in [3.8, 4) is 11.5 Å². The number of hydrogen-bond donors (Lipinski definition) is 1. The van der Waals surface area contributed by atoms with Crippen LogP contribution < -0.4 is 14.8 Å². The van der Waals surface area contributed by atoms with E-state index in [2.05, 4.69) is 29.6 Å². The summed E-state index contributed by atoms with van der Waals surface area (Å²) in [5.74, 6) is 1.60. The minimum Gasteiger partial charge on any atom is -0.493 e. The zero-order valence-corrected chi connectivity index (χ0v) is 13.6. The standard InChI is InChI=1S/C18H20ClNO2/c1-3-22-17-10-13-8-9-20-18(15(13)11-16(17)21-2)12-4-6-14(19)7-5-12/h4-7,10-11,18,20H,3,8-9H2,1-2H3/t18-/m1/s1. The number of nitrogens with one attached hydrogen (secondary N) is 1. The lowest BCUT2D eigenvalue weighted by atomic mass is 9.89. The fourth-order valence-electron chi connectivity index (χ4n) is 2.94. The van der Waals surface area contributed by atoms with Gasteiger partial charge >= 0.3 is 0 Å². The van der Waals surface area contributed by atoms with E-state index in [4.69, 9.17) is 21.1 Å². The Labute approximate surface area is 136 Å². The second-order valence-corrected chi connectivity index (χ2v) is 5.76. The second-order valence-electron chi connectivity index (χ2n) is 5.32. The highest BCUT2D eigenvalue weighted by molar-refractivity contribution is 6.30.